The van der Waals surface area contributed by atoms with Gasteiger partial charge in [-0.25, -0.2) is 4.39 Å². The van der Waals surface area contributed by atoms with Crippen molar-refractivity contribution < 1.29 is 13.9 Å². The molecule has 6 nitrogen and oxygen atoms in total. The second kappa shape index (κ2) is 7.54. The molecule has 4 heterocycles. The summed E-state index contributed by atoms with van der Waals surface area (Å²) in [4.78, 5) is 17.3. The van der Waals surface area contributed by atoms with Gasteiger partial charge in [-0.05, 0) is 48.6 Å². The van der Waals surface area contributed by atoms with Gasteiger partial charge in [0.05, 0.1) is 24.7 Å². The van der Waals surface area contributed by atoms with E-state index in [1.54, 1.807) is 12.3 Å². The van der Waals surface area contributed by atoms with E-state index in [4.69, 9.17) is 4.74 Å². The summed E-state index contributed by atoms with van der Waals surface area (Å²) in [7, 11) is 0. The van der Waals surface area contributed by atoms with Gasteiger partial charge in [-0.1, -0.05) is 6.07 Å². The maximum absolute atomic E-state index is 13.8. The van der Waals surface area contributed by atoms with E-state index in [0.717, 1.165) is 63.1 Å². The highest BCUT2D eigenvalue weighted by Gasteiger charge is 2.43. The SMILES string of the molecule is O=C(C(CN1CCC2(CC1)OCc1ccc(F)cc12)Cn1cccn1)N1CCC1. The van der Waals surface area contributed by atoms with Crippen molar-refractivity contribution in [3.8, 4) is 0 Å². The number of carbonyl (C=O) groups is 1. The molecule has 1 amide bonds. The van der Waals surface area contributed by atoms with Crippen LogP contribution in [0.25, 0.3) is 0 Å². The summed E-state index contributed by atoms with van der Waals surface area (Å²) < 4.78 is 21.8. The Morgan fingerprint density at radius 2 is 2.03 bits per heavy atom. The molecule has 0 N–H and O–H groups in total. The number of likely N-dealkylation sites (tertiary alicyclic amines) is 2. The van der Waals surface area contributed by atoms with Crippen molar-refractivity contribution in [1.82, 2.24) is 19.6 Å². The van der Waals surface area contributed by atoms with Crippen LogP contribution in [0.1, 0.15) is 30.4 Å². The minimum atomic E-state index is -0.368. The van der Waals surface area contributed by atoms with Crippen LogP contribution in [0.15, 0.2) is 36.7 Å². The largest absolute Gasteiger partial charge is 0.365 e. The van der Waals surface area contributed by atoms with Gasteiger partial charge >= 0.3 is 0 Å². The minimum Gasteiger partial charge on any atom is -0.365 e. The topological polar surface area (TPSA) is 50.6 Å². The molecule has 154 valence electrons. The Hall–Kier alpha value is -2.25. The molecule has 2 saturated heterocycles. The van der Waals surface area contributed by atoms with Crippen LogP contribution >= 0.6 is 0 Å². The summed E-state index contributed by atoms with van der Waals surface area (Å²) in [6.45, 7) is 5.32. The molecule has 29 heavy (non-hydrogen) atoms. The Balaban J connectivity index is 1.26. The molecule has 2 fully saturated rings. The van der Waals surface area contributed by atoms with E-state index < -0.39 is 0 Å². The Kier molecular flexibility index (Phi) is 4.87. The number of fused-ring (bicyclic) bond motifs is 2. The first kappa shape index (κ1) is 18.8. The fraction of sp³-hybridized carbons (Fsp3) is 0.545. The maximum Gasteiger partial charge on any atom is 0.228 e. The zero-order valence-electron chi connectivity index (χ0n) is 16.6. The molecule has 0 radical (unpaired) electrons. The van der Waals surface area contributed by atoms with Gasteiger partial charge in [0.15, 0.2) is 0 Å². The number of piperidine rings is 1. The van der Waals surface area contributed by atoms with E-state index in [9.17, 15) is 9.18 Å². The molecule has 0 saturated carbocycles. The average molecular weight is 398 g/mol. The van der Waals surface area contributed by atoms with E-state index in [1.807, 2.05) is 27.9 Å². The lowest BCUT2D eigenvalue weighted by atomic mass is 9.83. The predicted molar refractivity (Wildman–Crippen MR) is 105 cm³/mol. The Morgan fingerprint density at radius 1 is 1.21 bits per heavy atom. The molecule has 1 atom stereocenters. The molecule has 0 aliphatic carbocycles. The van der Waals surface area contributed by atoms with Crippen LogP contribution in [0, 0.1) is 11.7 Å². The molecule has 1 aromatic heterocycles. The molecular formula is C22H27FN4O2. The molecule has 7 heteroatoms. The summed E-state index contributed by atoms with van der Waals surface area (Å²) in [6.07, 6.45) is 6.43. The lowest BCUT2D eigenvalue weighted by Crippen LogP contribution is -2.51. The van der Waals surface area contributed by atoms with Crippen LogP contribution in [0.4, 0.5) is 4.39 Å². The highest BCUT2D eigenvalue weighted by molar-refractivity contribution is 5.79. The predicted octanol–water partition coefficient (Wildman–Crippen LogP) is 2.39. The van der Waals surface area contributed by atoms with Crippen LogP contribution < -0.4 is 0 Å². The Bertz CT molecular complexity index is 873. The first-order valence-electron chi connectivity index (χ1n) is 10.5. The van der Waals surface area contributed by atoms with Gasteiger partial charge in [-0.2, -0.15) is 5.10 Å². The molecule has 1 spiro atoms. The number of nitrogens with zero attached hydrogens (tertiary/aromatic N) is 4. The highest BCUT2D eigenvalue weighted by Crippen LogP contribution is 2.44. The van der Waals surface area contributed by atoms with Crippen LogP contribution in [0.5, 0.6) is 0 Å². The number of benzene rings is 1. The summed E-state index contributed by atoms with van der Waals surface area (Å²) >= 11 is 0. The quantitative estimate of drug-likeness (QED) is 0.776. The fourth-order valence-electron chi connectivity index (χ4n) is 4.86. The van der Waals surface area contributed by atoms with Gasteiger partial charge in [-0.15, -0.1) is 0 Å². The van der Waals surface area contributed by atoms with Crippen LogP contribution in [-0.2, 0) is 28.3 Å². The number of hydrogen-bond acceptors (Lipinski definition) is 4. The van der Waals surface area contributed by atoms with E-state index in [1.165, 1.54) is 6.07 Å². The van der Waals surface area contributed by atoms with Crippen molar-refractivity contribution in [1.29, 1.82) is 0 Å². The number of rotatable bonds is 5. The summed E-state index contributed by atoms with van der Waals surface area (Å²) in [5.41, 5.74) is 1.75. The van der Waals surface area contributed by atoms with Gasteiger partial charge in [0.1, 0.15) is 5.82 Å². The van der Waals surface area contributed by atoms with Gasteiger partial charge in [0, 0.05) is 45.1 Å². The number of ether oxygens (including phenoxy) is 1. The van der Waals surface area contributed by atoms with Crippen molar-refractivity contribution in [3.63, 3.8) is 0 Å². The Morgan fingerprint density at radius 3 is 2.72 bits per heavy atom. The summed E-state index contributed by atoms with van der Waals surface area (Å²) in [5, 5.41) is 4.30. The highest BCUT2D eigenvalue weighted by atomic mass is 19.1. The molecule has 2 aromatic rings. The van der Waals surface area contributed by atoms with Crippen LogP contribution in [0.3, 0.4) is 0 Å². The number of carbonyl (C=O) groups excluding carboxylic acids is 1. The zero-order valence-corrected chi connectivity index (χ0v) is 16.6. The van der Waals surface area contributed by atoms with Gasteiger partial charge in [0.25, 0.3) is 0 Å². The normalized spacial score (nSPS) is 21.8. The Labute approximate surface area is 170 Å². The van der Waals surface area contributed by atoms with Crippen molar-refractivity contribution in [3.05, 3.63) is 53.6 Å². The first-order valence-corrected chi connectivity index (χ1v) is 10.5. The third-order valence-corrected chi connectivity index (χ3v) is 6.69. The van der Waals surface area contributed by atoms with E-state index in [0.29, 0.717) is 13.2 Å². The zero-order chi connectivity index (χ0) is 19.8. The van der Waals surface area contributed by atoms with Gasteiger partial charge < -0.3 is 14.5 Å². The molecular weight excluding hydrogens is 371 g/mol. The second-order valence-electron chi connectivity index (χ2n) is 8.49. The van der Waals surface area contributed by atoms with Crippen molar-refractivity contribution in [2.45, 2.75) is 38.0 Å². The molecule has 5 rings (SSSR count). The molecule has 1 aromatic carbocycles. The molecule has 1 unspecified atom stereocenters. The average Bonchev–Trinajstić information content (AvgIpc) is 3.30. The standard InChI is InChI=1S/C22H27FN4O2/c23-19-4-3-17-16-29-22(20(17)13-19)5-11-25(12-6-22)14-18(15-27-10-1-7-24-27)21(28)26-8-2-9-26/h1,3-4,7,10,13,18H,2,5-6,8-9,11-12,14-16H2. The molecule has 3 aliphatic heterocycles. The maximum atomic E-state index is 13.8. The monoisotopic (exact) mass is 398 g/mol. The number of amides is 1. The summed E-state index contributed by atoms with van der Waals surface area (Å²) in [5.74, 6) is -0.0643. The van der Waals surface area contributed by atoms with Crippen LogP contribution in [0.2, 0.25) is 0 Å². The van der Waals surface area contributed by atoms with Gasteiger partial charge in [0.2, 0.25) is 5.91 Å². The van der Waals surface area contributed by atoms with Crippen molar-refractivity contribution in [2.75, 3.05) is 32.7 Å². The fourth-order valence-corrected chi connectivity index (χ4v) is 4.86. The summed E-state index contributed by atoms with van der Waals surface area (Å²) in [6, 6.07) is 6.89. The number of hydrogen-bond donors (Lipinski definition) is 0. The van der Waals surface area contributed by atoms with Crippen molar-refractivity contribution >= 4 is 5.91 Å². The minimum absolute atomic E-state index is 0.0986. The number of aromatic nitrogens is 2. The van der Waals surface area contributed by atoms with E-state index in [2.05, 4.69) is 10.00 Å². The third kappa shape index (κ3) is 3.57. The van der Waals surface area contributed by atoms with Crippen molar-refractivity contribution in [2.24, 2.45) is 5.92 Å². The van der Waals surface area contributed by atoms with E-state index in [-0.39, 0.29) is 23.2 Å². The van der Waals surface area contributed by atoms with E-state index >= 15 is 0 Å². The molecule has 3 aliphatic rings. The van der Waals surface area contributed by atoms with Gasteiger partial charge in [-0.3, -0.25) is 9.48 Å². The lowest BCUT2D eigenvalue weighted by Gasteiger charge is -2.41. The molecule has 0 bridgehead atoms. The first-order chi connectivity index (χ1) is 14.1. The lowest BCUT2D eigenvalue weighted by molar-refractivity contribution is -0.141. The number of halogens is 1. The smallest absolute Gasteiger partial charge is 0.228 e. The second-order valence-corrected chi connectivity index (χ2v) is 8.49. The van der Waals surface area contributed by atoms with Crippen LogP contribution in [-0.4, -0.2) is 58.2 Å². The third-order valence-electron chi connectivity index (χ3n) is 6.69.